The predicted molar refractivity (Wildman–Crippen MR) is 73.5 cm³/mol. The highest BCUT2D eigenvalue weighted by Gasteiger charge is 2.04. The van der Waals surface area contributed by atoms with Gasteiger partial charge in [-0.05, 0) is 36.4 Å². The lowest BCUT2D eigenvalue weighted by molar-refractivity contribution is -0.118. The average molecular weight is 275 g/mol. The number of halogens is 1. The first-order chi connectivity index (χ1) is 9.67. The third-order valence-corrected chi connectivity index (χ3v) is 2.54. The highest BCUT2D eigenvalue weighted by atomic mass is 19.1. The van der Waals surface area contributed by atoms with Crippen molar-refractivity contribution in [2.45, 2.75) is 0 Å². The quantitative estimate of drug-likeness (QED) is 0.912. The van der Waals surface area contributed by atoms with Crippen molar-refractivity contribution in [1.82, 2.24) is 0 Å². The van der Waals surface area contributed by atoms with Crippen LogP contribution >= 0.6 is 0 Å². The molecule has 4 nitrogen and oxygen atoms in total. The molecule has 20 heavy (non-hydrogen) atoms. The van der Waals surface area contributed by atoms with E-state index < -0.39 is 5.82 Å². The lowest BCUT2D eigenvalue weighted by Gasteiger charge is -2.08. The summed E-state index contributed by atoms with van der Waals surface area (Å²) in [6.45, 7) is -0.185. The Bertz CT molecular complexity index is 584. The van der Waals surface area contributed by atoms with Gasteiger partial charge in [-0.25, -0.2) is 4.39 Å². The Morgan fingerprint density at radius 1 is 1.15 bits per heavy atom. The smallest absolute Gasteiger partial charge is 0.262 e. The van der Waals surface area contributed by atoms with E-state index in [-0.39, 0.29) is 12.5 Å². The molecule has 2 aromatic carbocycles. The minimum atomic E-state index is -0.405. The van der Waals surface area contributed by atoms with Crippen molar-refractivity contribution >= 4 is 11.6 Å². The minimum Gasteiger partial charge on any atom is -0.497 e. The van der Waals surface area contributed by atoms with Gasteiger partial charge in [-0.2, -0.15) is 0 Å². The van der Waals surface area contributed by atoms with Crippen molar-refractivity contribution in [2.24, 2.45) is 0 Å². The van der Waals surface area contributed by atoms with Gasteiger partial charge in [0.05, 0.1) is 7.11 Å². The van der Waals surface area contributed by atoms with Gasteiger partial charge in [-0.3, -0.25) is 4.79 Å². The minimum absolute atomic E-state index is 0.185. The molecular weight excluding hydrogens is 261 g/mol. The number of hydrogen-bond donors (Lipinski definition) is 1. The summed E-state index contributed by atoms with van der Waals surface area (Å²) in [5, 5.41) is 2.66. The summed E-state index contributed by atoms with van der Waals surface area (Å²) in [6, 6.07) is 12.6. The fourth-order valence-electron chi connectivity index (χ4n) is 1.58. The van der Waals surface area contributed by atoms with E-state index in [0.29, 0.717) is 17.2 Å². The van der Waals surface area contributed by atoms with E-state index in [9.17, 15) is 9.18 Å². The van der Waals surface area contributed by atoms with Gasteiger partial charge in [0, 0.05) is 11.8 Å². The Morgan fingerprint density at radius 3 is 2.55 bits per heavy atom. The molecule has 0 bridgehead atoms. The third-order valence-electron chi connectivity index (χ3n) is 2.54. The Kier molecular flexibility index (Phi) is 4.55. The van der Waals surface area contributed by atoms with Gasteiger partial charge in [0.15, 0.2) is 6.61 Å². The first kappa shape index (κ1) is 13.9. The number of methoxy groups -OCH3 is 1. The van der Waals surface area contributed by atoms with Crippen LogP contribution in [0.4, 0.5) is 10.1 Å². The summed E-state index contributed by atoms with van der Waals surface area (Å²) < 4.78 is 23.1. The van der Waals surface area contributed by atoms with E-state index in [0.717, 1.165) is 0 Å². The molecule has 0 aliphatic heterocycles. The van der Waals surface area contributed by atoms with Gasteiger partial charge in [0.2, 0.25) is 0 Å². The van der Waals surface area contributed by atoms with E-state index in [1.807, 2.05) is 0 Å². The number of benzene rings is 2. The van der Waals surface area contributed by atoms with Gasteiger partial charge in [0.1, 0.15) is 17.3 Å². The highest BCUT2D eigenvalue weighted by molar-refractivity contribution is 5.91. The second-order valence-electron chi connectivity index (χ2n) is 4.02. The summed E-state index contributed by atoms with van der Waals surface area (Å²) >= 11 is 0. The van der Waals surface area contributed by atoms with Crippen LogP contribution < -0.4 is 14.8 Å². The number of ether oxygens (including phenoxy) is 2. The van der Waals surface area contributed by atoms with Crippen LogP contribution in [-0.2, 0) is 4.79 Å². The van der Waals surface area contributed by atoms with Crippen molar-refractivity contribution in [1.29, 1.82) is 0 Å². The molecule has 1 N–H and O–H groups in total. The molecule has 5 heteroatoms. The van der Waals surface area contributed by atoms with E-state index >= 15 is 0 Å². The normalized spacial score (nSPS) is 9.90. The van der Waals surface area contributed by atoms with E-state index in [1.165, 1.54) is 18.2 Å². The van der Waals surface area contributed by atoms with Gasteiger partial charge in [-0.15, -0.1) is 0 Å². The lowest BCUT2D eigenvalue weighted by atomic mass is 10.3. The van der Waals surface area contributed by atoms with Crippen molar-refractivity contribution in [3.05, 3.63) is 54.3 Å². The molecule has 1 amide bonds. The molecule has 0 aromatic heterocycles. The Labute approximate surface area is 116 Å². The monoisotopic (exact) mass is 275 g/mol. The molecule has 0 radical (unpaired) electrons. The van der Waals surface area contributed by atoms with Crippen molar-refractivity contribution in [3.63, 3.8) is 0 Å². The van der Waals surface area contributed by atoms with Crippen molar-refractivity contribution in [3.8, 4) is 11.5 Å². The zero-order valence-electron chi connectivity index (χ0n) is 10.9. The van der Waals surface area contributed by atoms with Gasteiger partial charge < -0.3 is 14.8 Å². The number of rotatable bonds is 5. The summed E-state index contributed by atoms with van der Waals surface area (Å²) in [6.07, 6.45) is 0. The standard InChI is InChI=1S/C15H14FNO3/c1-19-13-7-5-12(6-8-13)17-15(18)10-20-14-4-2-3-11(16)9-14/h2-9H,10H2,1H3,(H,17,18). The molecule has 2 aromatic rings. The topological polar surface area (TPSA) is 47.6 Å². The SMILES string of the molecule is COc1ccc(NC(=O)COc2cccc(F)c2)cc1. The van der Waals surface area contributed by atoms with Crippen LogP contribution in [0.5, 0.6) is 11.5 Å². The largest absolute Gasteiger partial charge is 0.497 e. The molecule has 2 rings (SSSR count). The fourth-order valence-corrected chi connectivity index (χ4v) is 1.58. The molecule has 0 saturated carbocycles. The maximum atomic E-state index is 12.9. The van der Waals surface area contributed by atoms with Crippen LogP contribution in [0.25, 0.3) is 0 Å². The summed E-state index contributed by atoms with van der Waals surface area (Å²) in [4.78, 5) is 11.7. The van der Waals surface area contributed by atoms with Crippen LogP contribution in [0, 0.1) is 5.82 Å². The molecule has 0 saturated heterocycles. The molecule has 0 aliphatic rings. The van der Waals surface area contributed by atoms with Crippen LogP contribution in [0.15, 0.2) is 48.5 Å². The number of carbonyl (C=O) groups is 1. The molecular formula is C15H14FNO3. The van der Waals surface area contributed by atoms with Crippen molar-refractivity contribution < 1.29 is 18.7 Å². The average Bonchev–Trinajstić information content (AvgIpc) is 2.46. The zero-order valence-corrected chi connectivity index (χ0v) is 10.9. The third kappa shape index (κ3) is 3.98. The number of amides is 1. The van der Waals surface area contributed by atoms with Crippen LogP contribution in [0.1, 0.15) is 0 Å². The van der Waals surface area contributed by atoms with E-state index in [1.54, 1.807) is 37.4 Å². The Hall–Kier alpha value is -2.56. The number of hydrogen-bond acceptors (Lipinski definition) is 3. The number of anilines is 1. The van der Waals surface area contributed by atoms with Gasteiger partial charge in [-0.1, -0.05) is 6.07 Å². The molecule has 0 fully saturated rings. The van der Waals surface area contributed by atoms with Gasteiger partial charge in [0.25, 0.3) is 5.91 Å². The maximum Gasteiger partial charge on any atom is 0.262 e. The fraction of sp³-hybridized carbons (Fsp3) is 0.133. The number of carbonyl (C=O) groups excluding carboxylic acids is 1. The van der Waals surface area contributed by atoms with Gasteiger partial charge >= 0.3 is 0 Å². The predicted octanol–water partition coefficient (Wildman–Crippen LogP) is 2.85. The summed E-state index contributed by atoms with van der Waals surface area (Å²) in [5.74, 6) is 0.298. The Balaban J connectivity index is 1.85. The Morgan fingerprint density at radius 2 is 1.90 bits per heavy atom. The maximum absolute atomic E-state index is 12.9. The molecule has 0 atom stereocenters. The lowest BCUT2D eigenvalue weighted by Crippen LogP contribution is -2.20. The van der Waals surface area contributed by atoms with E-state index in [4.69, 9.17) is 9.47 Å². The van der Waals surface area contributed by atoms with Crippen LogP contribution in [0.2, 0.25) is 0 Å². The molecule has 0 unspecified atom stereocenters. The highest BCUT2D eigenvalue weighted by Crippen LogP contribution is 2.15. The molecule has 104 valence electrons. The molecule has 0 aliphatic carbocycles. The molecule has 0 heterocycles. The van der Waals surface area contributed by atoms with E-state index in [2.05, 4.69) is 5.32 Å². The second-order valence-corrected chi connectivity index (χ2v) is 4.02. The first-order valence-electron chi connectivity index (χ1n) is 5.99. The van der Waals surface area contributed by atoms with Crippen LogP contribution in [0.3, 0.4) is 0 Å². The summed E-state index contributed by atoms with van der Waals surface area (Å²) in [5.41, 5.74) is 0.638. The van der Waals surface area contributed by atoms with Crippen molar-refractivity contribution in [2.75, 3.05) is 19.0 Å². The van der Waals surface area contributed by atoms with Crippen LogP contribution in [-0.4, -0.2) is 19.6 Å². The summed E-state index contributed by atoms with van der Waals surface area (Å²) in [7, 11) is 1.57. The first-order valence-corrected chi connectivity index (χ1v) is 5.99. The second kappa shape index (κ2) is 6.56. The molecule has 0 spiro atoms. The number of nitrogens with one attached hydrogen (secondary N) is 1. The zero-order chi connectivity index (χ0) is 14.4.